The third kappa shape index (κ3) is 3.93. The average Bonchev–Trinajstić information content (AvgIpc) is 2.92. The van der Waals surface area contributed by atoms with Gasteiger partial charge in [0.2, 0.25) is 5.91 Å². The van der Waals surface area contributed by atoms with Crippen molar-refractivity contribution in [3.63, 3.8) is 0 Å². The summed E-state index contributed by atoms with van der Waals surface area (Å²) in [6, 6.07) is 11.9. The topological polar surface area (TPSA) is 95.6 Å². The Morgan fingerprint density at radius 2 is 1.46 bits per heavy atom. The lowest BCUT2D eigenvalue weighted by Gasteiger charge is -2.14. The number of nitrogens with zero attached hydrogens (tertiary/aromatic N) is 1. The van der Waals surface area contributed by atoms with Gasteiger partial charge in [-0.05, 0) is 49.2 Å². The number of benzene rings is 2. The zero-order chi connectivity index (χ0) is 20.3. The SMILES string of the molecule is Cc1ccc(C(=O)NCCNC(=O)CN2C(=O)c3ccccc3C2=O)cc1C. The summed E-state index contributed by atoms with van der Waals surface area (Å²) in [7, 11) is 0. The van der Waals surface area contributed by atoms with Crippen LogP contribution in [0.15, 0.2) is 42.5 Å². The number of aryl methyl sites for hydroxylation is 2. The minimum absolute atomic E-state index is 0.193. The highest BCUT2D eigenvalue weighted by Crippen LogP contribution is 2.21. The van der Waals surface area contributed by atoms with Gasteiger partial charge in [0.05, 0.1) is 11.1 Å². The van der Waals surface area contributed by atoms with Crippen molar-refractivity contribution < 1.29 is 19.2 Å². The Balaban J connectivity index is 1.45. The molecule has 0 bridgehead atoms. The molecule has 0 radical (unpaired) electrons. The van der Waals surface area contributed by atoms with Gasteiger partial charge in [-0.15, -0.1) is 0 Å². The standard InChI is InChI=1S/C21H21N3O4/c1-13-7-8-15(11-14(13)2)19(26)23-10-9-22-18(25)12-24-20(27)16-5-3-4-6-17(16)21(24)28/h3-8,11H,9-10,12H2,1-2H3,(H,22,25)(H,23,26). The Morgan fingerprint density at radius 1 is 0.857 bits per heavy atom. The van der Waals surface area contributed by atoms with Crippen molar-refractivity contribution in [2.75, 3.05) is 19.6 Å². The van der Waals surface area contributed by atoms with Gasteiger partial charge in [-0.2, -0.15) is 0 Å². The lowest BCUT2D eigenvalue weighted by atomic mass is 10.1. The highest BCUT2D eigenvalue weighted by Gasteiger charge is 2.36. The summed E-state index contributed by atoms with van der Waals surface area (Å²) in [5.41, 5.74) is 3.31. The molecule has 144 valence electrons. The molecule has 0 aliphatic carbocycles. The van der Waals surface area contributed by atoms with Gasteiger partial charge in [0.1, 0.15) is 6.54 Å². The number of carbonyl (C=O) groups is 4. The Bertz CT molecular complexity index is 933. The first-order chi connectivity index (χ1) is 13.4. The van der Waals surface area contributed by atoms with Crippen molar-refractivity contribution in [1.29, 1.82) is 0 Å². The van der Waals surface area contributed by atoms with Crippen molar-refractivity contribution in [1.82, 2.24) is 15.5 Å². The largest absolute Gasteiger partial charge is 0.353 e. The second-order valence-corrected chi connectivity index (χ2v) is 6.65. The maximum absolute atomic E-state index is 12.2. The van der Waals surface area contributed by atoms with E-state index in [2.05, 4.69) is 10.6 Å². The molecule has 0 aromatic heterocycles. The van der Waals surface area contributed by atoms with Crippen molar-refractivity contribution in [3.05, 3.63) is 70.3 Å². The number of hydrogen-bond acceptors (Lipinski definition) is 4. The molecule has 2 N–H and O–H groups in total. The van der Waals surface area contributed by atoms with Crippen molar-refractivity contribution >= 4 is 23.6 Å². The van der Waals surface area contributed by atoms with E-state index in [9.17, 15) is 19.2 Å². The summed E-state index contributed by atoms with van der Waals surface area (Å²) >= 11 is 0. The third-order valence-electron chi connectivity index (χ3n) is 4.68. The van der Waals surface area contributed by atoms with Gasteiger partial charge >= 0.3 is 0 Å². The van der Waals surface area contributed by atoms with E-state index in [1.165, 1.54) is 0 Å². The van der Waals surface area contributed by atoms with Gasteiger partial charge in [0, 0.05) is 18.7 Å². The molecule has 2 aromatic carbocycles. The Morgan fingerprint density at radius 3 is 2.07 bits per heavy atom. The van der Waals surface area contributed by atoms with Crippen LogP contribution in [0.4, 0.5) is 0 Å². The average molecular weight is 379 g/mol. The lowest BCUT2D eigenvalue weighted by Crippen LogP contribution is -2.42. The Hall–Kier alpha value is -3.48. The predicted molar refractivity (Wildman–Crippen MR) is 103 cm³/mol. The summed E-state index contributed by atoms with van der Waals surface area (Å²) in [6.07, 6.45) is 0. The number of amides is 4. The van der Waals surface area contributed by atoms with Crippen LogP contribution in [0.25, 0.3) is 0 Å². The number of fused-ring (bicyclic) bond motifs is 1. The molecule has 0 unspecified atom stereocenters. The molecule has 7 nitrogen and oxygen atoms in total. The van der Waals surface area contributed by atoms with Crippen LogP contribution < -0.4 is 10.6 Å². The molecule has 28 heavy (non-hydrogen) atoms. The van der Waals surface area contributed by atoms with E-state index in [0.717, 1.165) is 16.0 Å². The van der Waals surface area contributed by atoms with Crippen molar-refractivity contribution in [3.8, 4) is 0 Å². The minimum Gasteiger partial charge on any atom is -0.353 e. The van der Waals surface area contributed by atoms with E-state index in [0.29, 0.717) is 16.7 Å². The molecule has 4 amide bonds. The molecule has 2 aromatic rings. The van der Waals surface area contributed by atoms with Gasteiger partial charge in [-0.25, -0.2) is 0 Å². The van der Waals surface area contributed by atoms with Crippen LogP contribution in [-0.2, 0) is 4.79 Å². The Labute approximate surface area is 162 Å². The molecule has 1 heterocycles. The van der Waals surface area contributed by atoms with Crippen LogP contribution in [0.2, 0.25) is 0 Å². The highest BCUT2D eigenvalue weighted by atomic mass is 16.2. The first-order valence-corrected chi connectivity index (χ1v) is 8.96. The maximum Gasteiger partial charge on any atom is 0.262 e. The second kappa shape index (κ2) is 8.04. The molecule has 1 aliphatic rings. The van der Waals surface area contributed by atoms with Crippen LogP contribution in [0.5, 0.6) is 0 Å². The fraction of sp³-hybridized carbons (Fsp3) is 0.238. The summed E-state index contributed by atoms with van der Waals surface area (Å²) < 4.78 is 0. The number of rotatable bonds is 6. The van der Waals surface area contributed by atoms with Crippen LogP contribution in [0.3, 0.4) is 0 Å². The summed E-state index contributed by atoms with van der Waals surface area (Å²) in [6.45, 7) is 3.99. The van der Waals surface area contributed by atoms with Crippen molar-refractivity contribution in [2.24, 2.45) is 0 Å². The number of nitrogens with one attached hydrogen (secondary N) is 2. The minimum atomic E-state index is -0.473. The molecule has 0 atom stereocenters. The highest BCUT2D eigenvalue weighted by molar-refractivity contribution is 6.22. The fourth-order valence-electron chi connectivity index (χ4n) is 2.94. The second-order valence-electron chi connectivity index (χ2n) is 6.65. The third-order valence-corrected chi connectivity index (χ3v) is 4.68. The van der Waals surface area contributed by atoms with Gasteiger partial charge in [0.15, 0.2) is 0 Å². The summed E-state index contributed by atoms with van der Waals surface area (Å²) in [5.74, 6) is -1.63. The van der Waals surface area contributed by atoms with E-state index in [1.54, 1.807) is 30.3 Å². The monoisotopic (exact) mass is 379 g/mol. The molecule has 7 heteroatoms. The predicted octanol–water partition coefficient (Wildman–Crippen LogP) is 1.45. The summed E-state index contributed by atoms with van der Waals surface area (Å²) in [5, 5.41) is 5.33. The fourth-order valence-corrected chi connectivity index (χ4v) is 2.94. The summed E-state index contributed by atoms with van der Waals surface area (Å²) in [4.78, 5) is 49.6. The molecule has 0 fully saturated rings. The van der Waals surface area contributed by atoms with Gasteiger partial charge in [-0.3, -0.25) is 24.1 Å². The zero-order valence-electron chi connectivity index (χ0n) is 15.7. The van der Waals surface area contributed by atoms with Crippen LogP contribution >= 0.6 is 0 Å². The number of hydrogen-bond donors (Lipinski definition) is 2. The van der Waals surface area contributed by atoms with E-state index in [1.807, 2.05) is 26.0 Å². The van der Waals surface area contributed by atoms with E-state index in [-0.39, 0.29) is 25.5 Å². The smallest absolute Gasteiger partial charge is 0.262 e. The molecule has 1 aliphatic heterocycles. The van der Waals surface area contributed by atoms with E-state index in [4.69, 9.17) is 0 Å². The maximum atomic E-state index is 12.2. The van der Waals surface area contributed by atoms with Crippen LogP contribution in [-0.4, -0.2) is 48.2 Å². The molecule has 0 saturated carbocycles. The first-order valence-electron chi connectivity index (χ1n) is 8.96. The molecule has 3 rings (SSSR count). The first kappa shape index (κ1) is 19.3. The lowest BCUT2D eigenvalue weighted by molar-refractivity contribution is -0.121. The van der Waals surface area contributed by atoms with Crippen LogP contribution in [0, 0.1) is 13.8 Å². The molecule has 0 saturated heterocycles. The molecule has 0 spiro atoms. The van der Waals surface area contributed by atoms with E-state index < -0.39 is 17.7 Å². The Kier molecular flexibility index (Phi) is 5.54. The van der Waals surface area contributed by atoms with Crippen molar-refractivity contribution in [2.45, 2.75) is 13.8 Å². The van der Waals surface area contributed by atoms with Gasteiger partial charge in [-0.1, -0.05) is 18.2 Å². The van der Waals surface area contributed by atoms with E-state index >= 15 is 0 Å². The zero-order valence-corrected chi connectivity index (χ0v) is 15.7. The number of carbonyl (C=O) groups excluding carboxylic acids is 4. The van der Waals surface area contributed by atoms with Crippen LogP contribution in [0.1, 0.15) is 42.2 Å². The van der Waals surface area contributed by atoms with Gasteiger partial charge in [0.25, 0.3) is 17.7 Å². The molecular formula is C21H21N3O4. The normalized spacial score (nSPS) is 12.7. The molecular weight excluding hydrogens is 358 g/mol. The van der Waals surface area contributed by atoms with Gasteiger partial charge < -0.3 is 10.6 Å². The quantitative estimate of drug-likeness (QED) is 0.587. The number of imide groups is 1.